The van der Waals surface area contributed by atoms with Crippen molar-refractivity contribution >= 4 is 61.8 Å². The van der Waals surface area contributed by atoms with E-state index < -0.39 is 23.9 Å². The molecule has 0 bridgehead atoms. The lowest BCUT2D eigenvalue weighted by Crippen LogP contribution is -2.48. The number of carbonyl (C=O) groups excluding carboxylic acids is 3. The fraction of sp³-hybridized carbons (Fsp3) is 0.156. The first-order valence-electron chi connectivity index (χ1n) is 12.8. The molecule has 0 spiro atoms. The van der Waals surface area contributed by atoms with Gasteiger partial charge in [-0.2, -0.15) is 0 Å². The van der Waals surface area contributed by atoms with E-state index >= 15 is 0 Å². The Kier molecular flexibility index (Phi) is 5.45. The molecular formula is C32H23BrN2O4. The van der Waals surface area contributed by atoms with Crippen molar-refractivity contribution in [2.75, 3.05) is 16.9 Å². The van der Waals surface area contributed by atoms with Crippen molar-refractivity contribution in [2.45, 2.75) is 12.1 Å². The number of rotatable bonds is 4. The van der Waals surface area contributed by atoms with E-state index in [2.05, 4.69) is 15.9 Å². The number of carbonyl (C=O) groups is 3. The standard InChI is InChI=1S/C32H23BrN2O4/c1-39-26-16-14-20(17-22(26)33)30(36)29-28-27(25-15-13-19-8-3-5-11-23(19)34(25)29)31(37)35(32(28)38)24-12-6-9-18-7-2-4-10-21(18)24/h2-17,25,27-29H,1H3/t25-,27-,28+,29+/m1/s1. The van der Waals surface area contributed by atoms with Crippen LogP contribution in [0.2, 0.25) is 0 Å². The van der Waals surface area contributed by atoms with Crippen LogP contribution >= 0.6 is 15.9 Å². The summed E-state index contributed by atoms with van der Waals surface area (Å²) in [5, 5.41) is 1.77. The normalized spacial score (nSPS) is 23.1. The summed E-state index contributed by atoms with van der Waals surface area (Å²) < 4.78 is 6.00. The number of nitrogens with zero attached hydrogens (tertiary/aromatic N) is 2. The van der Waals surface area contributed by atoms with Crippen molar-refractivity contribution in [3.05, 3.63) is 107 Å². The van der Waals surface area contributed by atoms with Gasteiger partial charge in [-0.15, -0.1) is 0 Å². The van der Waals surface area contributed by atoms with Gasteiger partial charge in [-0.3, -0.25) is 14.4 Å². The van der Waals surface area contributed by atoms with E-state index in [1.807, 2.05) is 77.7 Å². The highest BCUT2D eigenvalue weighted by Crippen LogP contribution is 2.50. The Labute approximate surface area is 233 Å². The fourth-order valence-corrected chi connectivity index (χ4v) is 6.99. The molecule has 6 nitrogen and oxygen atoms in total. The van der Waals surface area contributed by atoms with Gasteiger partial charge in [-0.1, -0.05) is 66.7 Å². The lowest BCUT2D eigenvalue weighted by Gasteiger charge is -2.36. The first-order valence-corrected chi connectivity index (χ1v) is 13.6. The van der Waals surface area contributed by atoms with E-state index in [9.17, 15) is 14.4 Å². The smallest absolute Gasteiger partial charge is 0.240 e. The number of halogens is 1. The van der Waals surface area contributed by atoms with Gasteiger partial charge in [0.25, 0.3) is 0 Å². The third kappa shape index (κ3) is 3.42. The Morgan fingerprint density at radius 3 is 2.38 bits per heavy atom. The zero-order valence-corrected chi connectivity index (χ0v) is 22.5. The van der Waals surface area contributed by atoms with E-state index in [0.29, 0.717) is 21.5 Å². The minimum absolute atomic E-state index is 0.207. The summed E-state index contributed by atoms with van der Waals surface area (Å²) in [6, 6.07) is 25.0. The van der Waals surface area contributed by atoms with E-state index in [0.717, 1.165) is 22.0 Å². The highest BCUT2D eigenvalue weighted by atomic mass is 79.9. The molecule has 2 amide bonds. The highest BCUT2D eigenvalue weighted by molar-refractivity contribution is 9.10. The molecule has 192 valence electrons. The Bertz CT molecular complexity index is 1730. The van der Waals surface area contributed by atoms with Crippen LogP contribution in [0.4, 0.5) is 11.4 Å². The maximum atomic E-state index is 14.3. The fourth-order valence-electron chi connectivity index (χ4n) is 6.44. The average molecular weight is 579 g/mol. The maximum Gasteiger partial charge on any atom is 0.240 e. The van der Waals surface area contributed by atoms with Crippen LogP contribution in [0.25, 0.3) is 16.8 Å². The second-order valence-corrected chi connectivity index (χ2v) is 10.9. The molecule has 0 aromatic heterocycles. The quantitative estimate of drug-likeness (QED) is 0.223. The van der Waals surface area contributed by atoms with Crippen LogP contribution in [0.15, 0.2) is 95.5 Å². The van der Waals surface area contributed by atoms with Gasteiger partial charge in [0.2, 0.25) is 11.8 Å². The first-order chi connectivity index (χ1) is 19.0. The minimum Gasteiger partial charge on any atom is -0.496 e. The van der Waals surface area contributed by atoms with Crippen LogP contribution in [0.5, 0.6) is 5.75 Å². The number of hydrogen-bond donors (Lipinski definition) is 0. The molecule has 4 atom stereocenters. The third-order valence-corrected chi connectivity index (χ3v) is 8.75. The molecule has 0 saturated carbocycles. The zero-order chi connectivity index (χ0) is 26.8. The molecule has 3 heterocycles. The molecule has 4 aromatic rings. The average Bonchev–Trinajstić information content (AvgIpc) is 3.44. The molecule has 0 aliphatic carbocycles. The lowest BCUT2D eigenvalue weighted by atomic mass is 9.86. The number of Topliss-reactive ketones (excluding diaryl/α,β-unsaturated/α-hetero) is 1. The monoisotopic (exact) mass is 578 g/mol. The summed E-state index contributed by atoms with van der Waals surface area (Å²) in [5.74, 6) is -1.72. The number of amides is 2. The lowest BCUT2D eigenvalue weighted by molar-refractivity contribution is -0.122. The predicted molar refractivity (Wildman–Crippen MR) is 154 cm³/mol. The molecule has 0 radical (unpaired) electrons. The third-order valence-electron chi connectivity index (χ3n) is 8.13. The molecule has 7 rings (SSSR count). The Balaban J connectivity index is 1.38. The Hall–Kier alpha value is -4.23. The molecule has 7 heteroatoms. The summed E-state index contributed by atoms with van der Waals surface area (Å²) in [5.41, 5.74) is 2.81. The molecule has 3 aliphatic rings. The van der Waals surface area contributed by atoms with E-state index in [4.69, 9.17) is 4.74 Å². The van der Waals surface area contributed by atoms with Crippen molar-refractivity contribution < 1.29 is 19.1 Å². The topological polar surface area (TPSA) is 66.9 Å². The van der Waals surface area contributed by atoms with Crippen LogP contribution < -0.4 is 14.5 Å². The van der Waals surface area contributed by atoms with Gasteiger partial charge in [0.1, 0.15) is 11.8 Å². The molecular weight excluding hydrogens is 556 g/mol. The van der Waals surface area contributed by atoms with Crippen LogP contribution in [0.3, 0.4) is 0 Å². The van der Waals surface area contributed by atoms with Gasteiger partial charge in [-0.25, -0.2) is 4.90 Å². The highest BCUT2D eigenvalue weighted by Gasteiger charge is 2.64. The van der Waals surface area contributed by atoms with Crippen LogP contribution in [0, 0.1) is 11.8 Å². The van der Waals surface area contributed by atoms with Gasteiger partial charge in [-0.05, 0) is 57.2 Å². The number of methoxy groups -OCH3 is 1. The second-order valence-electron chi connectivity index (χ2n) is 10.0. The Morgan fingerprint density at radius 2 is 1.56 bits per heavy atom. The number of anilines is 2. The summed E-state index contributed by atoms with van der Waals surface area (Å²) in [6.45, 7) is 0. The number of fused-ring (bicyclic) bond motifs is 6. The number of para-hydroxylation sites is 1. The number of hydrogen-bond acceptors (Lipinski definition) is 5. The van der Waals surface area contributed by atoms with Crippen molar-refractivity contribution in [3.63, 3.8) is 0 Å². The first kappa shape index (κ1) is 23.9. The van der Waals surface area contributed by atoms with Crippen LogP contribution in [0.1, 0.15) is 15.9 Å². The number of ether oxygens (including phenoxy) is 1. The van der Waals surface area contributed by atoms with Crippen molar-refractivity contribution in [1.29, 1.82) is 0 Å². The SMILES string of the molecule is COc1ccc(C(=O)[C@@H]2[C@H]3C(=O)N(c4cccc5ccccc45)C(=O)[C@@H]3[C@H]3C=Cc4ccccc4N32)cc1Br. The summed E-state index contributed by atoms with van der Waals surface area (Å²) in [7, 11) is 1.56. The number of ketones is 1. The molecule has 3 aliphatic heterocycles. The molecule has 0 N–H and O–H groups in total. The van der Waals surface area contributed by atoms with Crippen LogP contribution in [-0.4, -0.2) is 36.8 Å². The van der Waals surface area contributed by atoms with E-state index in [-0.39, 0.29) is 17.6 Å². The van der Waals surface area contributed by atoms with Gasteiger partial charge in [0.05, 0.1) is 35.1 Å². The summed E-state index contributed by atoms with van der Waals surface area (Å²) in [4.78, 5) is 46.0. The molecule has 0 unspecified atom stereocenters. The maximum absolute atomic E-state index is 14.3. The molecule has 2 fully saturated rings. The largest absolute Gasteiger partial charge is 0.496 e. The number of imide groups is 1. The van der Waals surface area contributed by atoms with Gasteiger partial charge in [0, 0.05) is 16.6 Å². The summed E-state index contributed by atoms with van der Waals surface area (Å²) >= 11 is 3.49. The number of benzene rings is 4. The molecule has 2 saturated heterocycles. The summed E-state index contributed by atoms with van der Waals surface area (Å²) in [6.07, 6.45) is 3.96. The minimum atomic E-state index is -0.845. The van der Waals surface area contributed by atoms with Gasteiger partial charge < -0.3 is 9.64 Å². The van der Waals surface area contributed by atoms with Gasteiger partial charge >= 0.3 is 0 Å². The van der Waals surface area contributed by atoms with Gasteiger partial charge in [0.15, 0.2) is 5.78 Å². The van der Waals surface area contributed by atoms with E-state index in [1.54, 1.807) is 31.4 Å². The second kappa shape index (κ2) is 8.92. The van der Waals surface area contributed by atoms with Crippen molar-refractivity contribution in [1.82, 2.24) is 0 Å². The molecule has 4 aromatic carbocycles. The van der Waals surface area contributed by atoms with Crippen molar-refractivity contribution in [2.24, 2.45) is 11.8 Å². The zero-order valence-electron chi connectivity index (χ0n) is 21.0. The predicted octanol–water partition coefficient (Wildman–Crippen LogP) is 5.88. The van der Waals surface area contributed by atoms with Crippen molar-refractivity contribution in [3.8, 4) is 5.75 Å². The van der Waals surface area contributed by atoms with Crippen LogP contribution in [-0.2, 0) is 9.59 Å². The Morgan fingerprint density at radius 1 is 0.846 bits per heavy atom. The molecule has 39 heavy (non-hydrogen) atoms. The van der Waals surface area contributed by atoms with E-state index in [1.165, 1.54) is 4.90 Å².